The zero-order chi connectivity index (χ0) is 16.6. The van der Waals surface area contributed by atoms with Gasteiger partial charge in [0.05, 0.1) is 4.75 Å². The van der Waals surface area contributed by atoms with Crippen molar-refractivity contribution in [1.82, 2.24) is 0 Å². The highest BCUT2D eigenvalue weighted by molar-refractivity contribution is 8.15. The Labute approximate surface area is 145 Å². The number of benzene rings is 2. The average molecular weight is 345 g/mol. The molecule has 0 fully saturated rings. The van der Waals surface area contributed by atoms with Gasteiger partial charge < -0.3 is 5.11 Å². The number of thioether (sulfide) groups is 1. The van der Waals surface area contributed by atoms with Crippen molar-refractivity contribution in [2.24, 2.45) is 0 Å². The summed E-state index contributed by atoms with van der Waals surface area (Å²) in [6.45, 7) is 3.59. The first-order chi connectivity index (χ1) is 10.9. The van der Waals surface area contributed by atoms with Crippen molar-refractivity contribution in [3.8, 4) is 11.1 Å². The summed E-state index contributed by atoms with van der Waals surface area (Å²) in [7, 11) is 0. The molecule has 2 aromatic rings. The summed E-state index contributed by atoms with van der Waals surface area (Å²) in [5, 5.41) is 10.9. The van der Waals surface area contributed by atoms with E-state index in [0.717, 1.165) is 16.7 Å². The molecule has 0 saturated heterocycles. The Kier molecular flexibility index (Phi) is 4.26. The van der Waals surface area contributed by atoms with Crippen LogP contribution in [-0.4, -0.2) is 15.0 Å². The van der Waals surface area contributed by atoms with E-state index in [1.165, 1.54) is 11.8 Å². The zero-order valence-corrected chi connectivity index (χ0v) is 14.5. The van der Waals surface area contributed by atoms with Crippen molar-refractivity contribution < 1.29 is 9.90 Å². The van der Waals surface area contributed by atoms with E-state index in [1.807, 2.05) is 55.5 Å². The monoisotopic (exact) mass is 344 g/mol. The van der Waals surface area contributed by atoms with E-state index in [-0.39, 0.29) is 10.9 Å². The summed E-state index contributed by atoms with van der Waals surface area (Å²) in [4.78, 5) is 11.8. The number of rotatable bonds is 3. The maximum Gasteiger partial charge on any atom is 0.219 e. The van der Waals surface area contributed by atoms with E-state index < -0.39 is 4.75 Å². The molecule has 1 atom stereocenters. The third kappa shape index (κ3) is 3.17. The molecule has 0 amide bonds. The van der Waals surface area contributed by atoms with Gasteiger partial charge >= 0.3 is 0 Å². The molecule has 2 aromatic carbocycles. The van der Waals surface area contributed by atoms with E-state index in [1.54, 1.807) is 6.92 Å². The number of carbonyl (C=O) groups excluding carboxylic acids is 1. The molecule has 3 rings (SSSR count). The van der Waals surface area contributed by atoms with Crippen LogP contribution in [0, 0.1) is 0 Å². The Hall–Kier alpha value is -1.71. The second-order valence-corrected chi connectivity index (χ2v) is 7.89. The topological polar surface area (TPSA) is 37.3 Å². The molecule has 23 heavy (non-hydrogen) atoms. The largest absolute Gasteiger partial charge is 0.510 e. The summed E-state index contributed by atoms with van der Waals surface area (Å²) in [6, 6.07) is 15.9. The maximum absolute atomic E-state index is 11.8. The predicted molar refractivity (Wildman–Crippen MR) is 96.9 cm³/mol. The molecule has 1 heterocycles. The molecule has 1 N–H and O–H groups in total. The minimum atomic E-state index is -0.571. The fraction of sp³-hybridized carbons (Fsp3) is 0.211. The van der Waals surface area contributed by atoms with Gasteiger partial charge in [0.25, 0.3) is 0 Å². The normalized spacial score (nSPS) is 21.1. The van der Waals surface area contributed by atoms with E-state index in [0.29, 0.717) is 17.0 Å². The van der Waals surface area contributed by atoms with Crippen molar-refractivity contribution in [2.45, 2.75) is 25.0 Å². The van der Waals surface area contributed by atoms with Gasteiger partial charge in [-0.1, -0.05) is 59.8 Å². The molecule has 0 aliphatic carbocycles. The lowest BCUT2D eigenvalue weighted by Gasteiger charge is -2.22. The van der Waals surface area contributed by atoms with Gasteiger partial charge in [0.1, 0.15) is 5.76 Å². The number of aliphatic hydroxyl groups excluding tert-OH is 1. The van der Waals surface area contributed by atoms with Crippen LogP contribution >= 0.6 is 23.4 Å². The Bertz CT molecular complexity index is 795. The third-order valence-corrected chi connectivity index (χ3v) is 5.65. The Morgan fingerprint density at radius 3 is 2.39 bits per heavy atom. The highest BCUT2D eigenvalue weighted by atomic mass is 35.5. The van der Waals surface area contributed by atoms with E-state index >= 15 is 0 Å². The molecule has 0 spiro atoms. The fourth-order valence-corrected chi connectivity index (χ4v) is 4.15. The van der Waals surface area contributed by atoms with E-state index in [2.05, 4.69) is 0 Å². The molecule has 1 aliphatic heterocycles. The summed E-state index contributed by atoms with van der Waals surface area (Å²) in [5.41, 5.74) is 3.71. The minimum Gasteiger partial charge on any atom is -0.510 e. The van der Waals surface area contributed by atoms with Crippen LogP contribution in [0.1, 0.15) is 19.4 Å². The Morgan fingerprint density at radius 1 is 1.13 bits per heavy atom. The first kappa shape index (κ1) is 16.2. The zero-order valence-electron chi connectivity index (χ0n) is 13.0. The molecule has 0 aromatic heterocycles. The van der Waals surface area contributed by atoms with Gasteiger partial charge in [0.2, 0.25) is 5.12 Å². The molecule has 1 unspecified atom stereocenters. The second kappa shape index (κ2) is 6.06. The van der Waals surface area contributed by atoms with Gasteiger partial charge in [-0.3, -0.25) is 4.79 Å². The van der Waals surface area contributed by atoms with Crippen LogP contribution in [0.25, 0.3) is 11.1 Å². The minimum absolute atomic E-state index is 0.0412. The lowest BCUT2D eigenvalue weighted by Crippen LogP contribution is -2.23. The molecule has 0 radical (unpaired) electrons. The molecule has 2 nitrogen and oxygen atoms in total. The summed E-state index contributed by atoms with van der Waals surface area (Å²) < 4.78 is -0.571. The molecule has 4 heteroatoms. The lowest BCUT2D eigenvalue weighted by atomic mass is 9.95. The van der Waals surface area contributed by atoms with Gasteiger partial charge in [-0.25, -0.2) is 0 Å². The molecule has 0 saturated carbocycles. The van der Waals surface area contributed by atoms with Crippen LogP contribution in [0.15, 0.2) is 59.9 Å². The quantitative estimate of drug-likeness (QED) is 0.808. The van der Waals surface area contributed by atoms with Crippen molar-refractivity contribution in [3.05, 3.63) is 70.4 Å². The van der Waals surface area contributed by atoms with Crippen molar-refractivity contribution in [1.29, 1.82) is 0 Å². The van der Waals surface area contributed by atoms with Crippen LogP contribution in [0.4, 0.5) is 0 Å². The summed E-state index contributed by atoms with van der Waals surface area (Å²) in [6.07, 6.45) is 0.613. The number of hydrogen-bond donors (Lipinski definition) is 1. The van der Waals surface area contributed by atoms with Crippen molar-refractivity contribution in [3.63, 3.8) is 0 Å². The van der Waals surface area contributed by atoms with Gasteiger partial charge in [-0.2, -0.15) is 0 Å². The van der Waals surface area contributed by atoms with Crippen LogP contribution in [0.2, 0.25) is 5.02 Å². The SMILES string of the molecule is CC1=C(O)C(C)(Cc2ccc(-c3cccc(Cl)c3)cc2)SC1=O. The maximum atomic E-state index is 11.8. The van der Waals surface area contributed by atoms with Crippen molar-refractivity contribution in [2.75, 3.05) is 0 Å². The highest BCUT2D eigenvalue weighted by Gasteiger charge is 2.41. The standard InChI is InChI=1S/C19H17ClO2S/c1-12-17(21)19(2,23-18(12)22)11-13-6-8-14(9-7-13)15-4-3-5-16(20)10-15/h3-10,21H,11H2,1-2H3. The van der Waals surface area contributed by atoms with Gasteiger partial charge in [0, 0.05) is 10.6 Å². The Balaban J connectivity index is 1.83. The fourth-order valence-electron chi connectivity index (χ4n) is 2.82. The van der Waals surface area contributed by atoms with E-state index in [9.17, 15) is 9.90 Å². The first-order valence-corrected chi connectivity index (χ1v) is 8.57. The van der Waals surface area contributed by atoms with Crippen LogP contribution in [0.3, 0.4) is 0 Å². The van der Waals surface area contributed by atoms with Crippen LogP contribution in [0.5, 0.6) is 0 Å². The van der Waals surface area contributed by atoms with Crippen molar-refractivity contribution >= 4 is 28.5 Å². The van der Waals surface area contributed by atoms with Crippen LogP contribution in [-0.2, 0) is 11.2 Å². The molecular weight excluding hydrogens is 328 g/mol. The van der Waals surface area contributed by atoms with Gasteiger partial charge in [-0.15, -0.1) is 0 Å². The number of halogens is 1. The third-order valence-electron chi connectivity index (χ3n) is 4.13. The second-order valence-electron chi connectivity index (χ2n) is 5.98. The van der Waals surface area contributed by atoms with Gasteiger partial charge in [0.15, 0.2) is 0 Å². The predicted octanol–water partition coefficient (Wildman–Crippen LogP) is 5.41. The molecule has 0 bridgehead atoms. The summed E-state index contributed by atoms with van der Waals surface area (Å²) >= 11 is 7.23. The number of carbonyl (C=O) groups is 1. The summed E-state index contributed by atoms with van der Waals surface area (Å²) in [5.74, 6) is 0.200. The molecule has 118 valence electrons. The average Bonchev–Trinajstić information content (AvgIpc) is 2.71. The van der Waals surface area contributed by atoms with Gasteiger partial charge in [-0.05, 0) is 49.1 Å². The smallest absolute Gasteiger partial charge is 0.219 e. The van der Waals surface area contributed by atoms with Crippen LogP contribution < -0.4 is 0 Å². The highest BCUT2D eigenvalue weighted by Crippen LogP contribution is 2.44. The van der Waals surface area contributed by atoms with E-state index in [4.69, 9.17) is 11.6 Å². The number of hydrogen-bond acceptors (Lipinski definition) is 3. The molecule has 1 aliphatic rings. The first-order valence-electron chi connectivity index (χ1n) is 7.37. The lowest BCUT2D eigenvalue weighted by molar-refractivity contribution is -0.107. The number of aliphatic hydroxyl groups is 1. The Morgan fingerprint density at radius 2 is 1.83 bits per heavy atom. The molecular formula is C19H17ClO2S.